The number of carbonyl (C=O) groups excluding carboxylic acids is 1. The Balaban J connectivity index is 1.67. The van der Waals surface area contributed by atoms with Crippen molar-refractivity contribution in [3.63, 3.8) is 0 Å². The minimum absolute atomic E-state index is 0.188. The minimum atomic E-state index is -0.983. The number of aliphatic hydroxyl groups excluding tert-OH is 3. The molecule has 38 heavy (non-hydrogen) atoms. The van der Waals surface area contributed by atoms with Crippen molar-refractivity contribution in [3.05, 3.63) is 47.6 Å². The Morgan fingerprint density at radius 2 is 1.95 bits per heavy atom. The van der Waals surface area contributed by atoms with E-state index in [4.69, 9.17) is 4.74 Å². The summed E-state index contributed by atoms with van der Waals surface area (Å²) in [5.41, 5.74) is 2.37. The largest absolute Gasteiger partial charge is 0.465 e. The van der Waals surface area contributed by atoms with E-state index in [-0.39, 0.29) is 17.3 Å². The van der Waals surface area contributed by atoms with E-state index >= 15 is 0 Å². The molecule has 0 heterocycles. The zero-order valence-corrected chi connectivity index (χ0v) is 24.4. The first kappa shape index (κ1) is 30.8. The van der Waals surface area contributed by atoms with Gasteiger partial charge in [-0.25, -0.2) is 0 Å². The second-order valence-electron chi connectivity index (χ2n) is 12.9. The van der Waals surface area contributed by atoms with Gasteiger partial charge in [0.05, 0.1) is 30.3 Å². The highest BCUT2D eigenvalue weighted by Gasteiger charge is 2.50. The predicted molar refractivity (Wildman–Crippen MR) is 153 cm³/mol. The monoisotopic (exact) mass is 528 g/mol. The lowest BCUT2D eigenvalue weighted by Gasteiger charge is -2.44. The first-order valence-electron chi connectivity index (χ1n) is 14.9. The molecule has 3 fully saturated rings. The lowest BCUT2D eigenvalue weighted by atomic mass is 9.61. The summed E-state index contributed by atoms with van der Waals surface area (Å²) in [7, 11) is 0. The Morgan fingerprint density at radius 1 is 1.21 bits per heavy atom. The molecule has 0 radical (unpaired) electrons. The second-order valence-corrected chi connectivity index (χ2v) is 12.9. The summed E-state index contributed by atoms with van der Waals surface area (Å²) < 4.78 is 5.44. The minimum Gasteiger partial charge on any atom is -0.465 e. The molecule has 0 aromatic rings. The number of ether oxygens (including phenoxy) is 1. The van der Waals surface area contributed by atoms with Gasteiger partial charge in [-0.15, -0.1) is 0 Å². The van der Waals surface area contributed by atoms with Crippen LogP contribution in [0, 0.1) is 28.6 Å². The Labute approximate surface area is 230 Å². The number of esters is 1. The van der Waals surface area contributed by atoms with Gasteiger partial charge in [0.25, 0.3) is 0 Å². The van der Waals surface area contributed by atoms with Crippen molar-refractivity contribution in [2.24, 2.45) is 28.6 Å². The van der Waals surface area contributed by atoms with Gasteiger partial charge in [-0.1, -0.05) is 70.1 Å². The maximum atomic E-state index is 12.6. The highest BCUT2D eigenvalue weighted by molar-refractivity contribution is 5.77. The molecule has 0 aromatic carbocycles. The van der Waals surface area contributed by atoms with Crippen LogP contribution >= 0.6 is 0 Å². The van der Waals surface area contributed by atoms with E-state index in [1.807, 2.05) is 6.08 Å². The number of hydrogen-bond acceptors (Lipinski definition) is 5. The number of hydrogen-bond donors (Lipinski definition) is 3. The molecule has 3 rings (SSSR count). The molecular weight excluding hydrogens is 476 g/mol. The van der Waals surface area contributed by atoms with Crippen molar-refractivity contribution in [1.29, 1.82) is 0 Å². The van der Waals surface area contributed by atoms with Crippen molar-refractivity contribution >= 4 is 5.97 Å². The zero-order valence-electron chi connectivity index (χ0n) is 24.4. The van der Waals surface area contributed by atoms with Gasteiger partial charge >= 0.3 is 5.97 Å². The van der Waals surface area contributed by atoms with Crippen LogP contribution in [-0.2, 0) is 9.53 Å². The molecular formula is C33H52O5. The van der Waals surface area contributed by atoms with Crippen LogP contribution in [0.15, 0.2) is 47.6 Å². The number of carbonyl (C=O) groups is 1. The summed E-state index contributed by atoms with van der Waals surface area (Å²) in [6.45, 7) is 14.8. The molecule has 0 aliphatic heterocycles. The van der Waals surface area contributed by atoms with Crippen LogP contribution in [0.5, 0.6) is 0 Å². The molecule has 0 unspecified atom stereocenters. The Hall–Kier alpha value is -1.69. The van der Waals surface area contributed by atoms with Gasteiger partial charge in [-0.3, -0.25) is 4.79 Å². The van der Waals surface area contributed by atoms with E-state index in [9.17, 15) is 20.1 Å². The van der Waals surface area contributed by atoms with Crippen LogP contribution in [0.1, 0.15) is 98.8 Å². The zero-order chi connectivity index (χ0) is 28.1. The third kappa shape index (κ3) is 6.89. The molecule has 3 N–H and O–H groups in total. The summed E-state index contributed by atoms with van der Waals surface area (Å²) >= 11 is 0. The molecule has 0 aromatic heterocycles. The maximum absolute atomic E-state index is 12.6. The Bertz CT molecular complexity index is 928. The van der Waals surface area contributed by atoms with Crippen molar-refractivity contribution in [2.45, 2.75) is 117 Å². The number of rotatable bonds is 10. The normalized spacial score (nSPS) is 34.1. The Morgan fingerprint density at radius 3 is 2.66 bits per heavy atom. The molecule has 0 saturated heterocycles. The van der Waals surface area contributed by atoms with Crippen LogP contribution in [0.3, 0.4) is 0 Å². The molecule has 5 nitrogen and oxygen atoms in total. The fraction of sp³-hybridized carbons (Fsp3) is 0.727. The molecule has 214 valence electrons. The van der Waals surface area contributed by atoms with Crippen molar-refractivity contribution in [2.75, 3.05) is 6.61 Å². The van der Waals surface area contributed by atoms with Crippen LogP contribution in [-0.4, -0.2) is 46.2 Å². The first-order valence-corrected chi connectivity index (χ1v) is 14.9. The van der Waals surface area contributed by atoms with Gasteiger partial charge in [0.15, 0.2) is 0 Å². The number of aliphatic hydroxyl groups is 3. The van der Waals surface area contributed by atoms with E-state index in [0.717, 1.165) is 56.1 Å². The average Bonchev–Trinajstić information content (AvgIpc) is 3.23. The molecule has 7 atom stereocenters. The van der Waals surface area contributed by atoms with E-state index in [2.05, 4.69) is 45.6 Å². The van der Waals surface area contributed by atoms with Crippen LogP contribution in [0.2, 0.25) is 0 Å². The predicted octanol–water partition coefficient (Wildman–Crippen LogP) is 6.44. The lowest BCUT2D eigenvalue weighted by molar-refractivity contribution is -0.158. The van der Waals surface area contributed by atoms with Crippen molar-refractivity contribution in [3.8, 4) is 0 Å². The van der Waals surface area contributed by atoms with Gasteiger partial charge < -0.3 is 20.1 Å². The van der Waals surface area contributed by atoms with Gasteiger partial charge in [0.1, 0.15) is 0 Å². The van der Waals surface area contributed by atoms with Gasteiger partial charge in [-0.2, -0.15) is 0 Å². The summed E-state index contributed by atoms with van der Waals surface area (Å²) in [6, 6.07) is 0. The second kappa shape index (κ2) is 13.1. The summed E-state index contributed by atoms with van der Waals surface area (Å²) in [4.78, 5) is 12.6. The van der Waals surface area contributed by atoms with E-state index in [1.165, 1.54) is 12.0 Å². The molecule has 0 amide bonds. The first-order chi connectivity index (χ1) is 17.9. The third-order valence-electron chi connectivity index (χ3n) is 9.78. The van der Waals surface area contributed by atoms with Crippen molar-refractivity contribution < 1.29 is 24.9 Å². The number of allylic oxidation sites excluding steroid dienone is 4. The molecule has 3 aliphatic carbocycles. The number of unbranched alkanes of at least 4 members (excludes halogenated alkanes) is 2. The van der Waals surface area contributed by atoms with Crippen LogP contribution in [0.25, 0.3) is 0 Å². The molecule has 0 spiro atoms. The highest BCUT2D eigenvalue weighted by Crippen LogP contribution is 2.59. The van der Waals surface area contributed by atoms with E-state index in [1.54, 1.807) is 13.8 Å². The van der Waals surface area contributed by atoms with E-state index < -0.39 is 23.7 Å². The van der Waals surface area contributed by atoms with Gasteiger partial charge in [0.2, 0.25) is 0 Å². The summed E-state index contributed by atoms with van der Waals surface area (Å²) in [6.07, 6.45) is 15.8. The molecule has 5 heteroatoms. The van der Waals surface area contributed by atoms with Crippen LogP contribution < -0.4 is 0 Å². The topological polar surface area (TPSA) is 87.0 Å². The Kier molecular flexibility index (Phi) is 10.6. The molecule has 3 saturated carbocycles. The number of fused-ring (bicyclic) bond motifs is 1. The standard InChI is InChI=1S/C33H52O5/c1-7-8-9-19-38-31(37)32(4,5)30(36)17-12-22(2)27-15-16-28-24(11-10-18-33(27,28)6)13-14-25-20-26(34)21-29(35)23(25)3/h12-14,17,22,26-30,34-36H,3,7-11,15-16,18-21H2,1-2,4-6H3/b17-12+,24-13+,25-14-/t22-,26-,27-,28+,29+,30+,33-/m1/s1. The molecule has 0 bridgehead atoms. The highest BCUT2D eigenvalue weighted by atomic mass is 16.5. The van der Waals surface area contributed by atoms with Crippen LogP contribution in [0.4, 0.5) is 0 Å². The maximum Gasteiger partial charge on any atom is 0.314 e. The fourth-order valence-corrected chi connectivity index (χ4v) is 7.09. The van der Waals surface area contributed by atoms with Gasteiger partial charge in [0, 0.05) is 6.42 Å². The molecule has 3 aliphatic rings. The van der Waals surface area contributed by atoms with Gasteiger partial charge in [-0.05, 0) is 93.1 Å². The summed E-state index contributed by atoms with van der Waals surface area (Å²) in [5, 5.41) is 31.2. The quantitative estimate of drug-likeness (QED) is 0.173. The fourth-order valence-electron chi connectivity index (χ4n) is 7.09. The van der Waals surface area contributed by atoms with E-state index in [0.29, 0.717) is 31.3 Å². The third-order valence-corrected chi connectivity index (χ3v) is 9.78. The lowest BCUT2D eigenvalue weighted by Crippen LogP contribution is -2.38. The SMILES string of the molecule is C=C1/C(=C\C=C2/CCC[C@]3(C)[C@@H]([C@H](C)/C=C/[C@H](O)C(C)(C)C(=O)OCCCCC)CC[C@@H]23)C[C@@H](O)C[C@@H]1O. The smallest absolute Gasteiger partial charge is 0.314 e. The van der Waals surface area contributed by atoms with Crippen molar-refractivity contribution in [1.82, 2.24) is 0 Å². The average molecular weight is 529 g/mol. The summed E-state index contributed by atoms with van der Waals surface area (Å²) in [5.74, 6) is 0.963.